The predicted molar refractivity (Wildman–Crippen MR) is 89.5 cm³/mol. The molecule has 0 spiro atoms. The van der Waals surface area contributed by atoms with Gasteiger partial charge in [-0.3, -0.25) is 4.79 Å². The molecule has 0 aliphatic carbocycles. The van der Waals surface area contributed by atoms with Crippen molar-refractivity contribution < 1.29 is 4.79 Å². The van der Waals surface area contributed by atoms with Gasteiger partial charge < -0.3 is 5.32 Å². The summed E-state index contributed by atoms with van der Waals surface area (Å²) in [5.41, 5.74) is 3.72. The van der Waals surface area contributed by atoms with E-state index in [1.165, 1.54) is 11.6 Å². The zero-order valence-electron chi connectivity index (χ0n) is 11.8. The van der Waals surface area contributed by atoms with E-state index in [9.17, 15) is 4.79 Å². The summed E-state index contributed by atoms with van der Waals surface area (Å²) >= 11 is 11.8. The summed E-state index contributed by atoms with van der Waals surface area (Å²) in [7, 11) is 0. The van der Waals surface area contributed by atoms with Crippen molar-refractivity contribution >= 4 is 34.7 Å². The Morgan fingerprint density at radius 3 is 2.43 bits per heavy atom. The van der Waals surface area contributed by atoms with E-state index < -0.39 is 0 Å². The first-order valence-electron chi connectivity index (χ1n) is 6.47. The standard InChI is InChI=1S/C17H15Cl2NO/c1-11-3-4-13(9-12(11)2)17(21)7-8-20-14-5-6-15(18)16(19)10-14/h3-10,20H,1-2H3. The van der Waals surface area contributed by atoms with Crippen LogP contribution in [0.2, 0.25) is 10.0 Å². The Morgan fingerprint density at radius 1 is 1.00 bits per heavy atom. The lowest BCUT2D eigenvalue weighted by Gasteiger charge is -2.03. The van der Waals surface area contributed by atoms with Crippen LogP contribution in [0.4, 0.5) is 5.69 Å². The summed E-state index contributed by atoms with van der Waals surface area (Å²) in [6.45, 7) is 4.01. The van der Waals surface area contributed by atoms with E-state index in [0.29, 0.717) is 15.6 Å². The first-order valence-corrected chi connectivity index (χ1v) is 7.22. The molecule has 0 saturated carbocycles. The molecule has 2 nitrogen and oxygen atoms in total. The van der Waals surface area contributed by atoms with Crippen molar-refractivity contribution in [2.45, 2.75) is 13.8 Å². The summed E-state index contributed by atoms with van der Waals surface area (Å²) in [6, 6.07) is 10.9. The molecule has 4 heteroatoms. The van der Waals surface area contributed by atoms with Crippen molar-refractivity contribution in [3.05, 3.63) is 75.4 Å². The highest BCUT2D eigenvalue weighted by molar-refractivity contribution is 6.42. The number of carbonyl (C=O) groups is 1. The Labute approximate surface area is 134 Å². The number of nitrogens with one attached hydrogen (secondary N) is 1. The van der Waals surface area contributed by atoms with E-state index in [-0.39, 0.29) is 5.78 Å². The first-order chi connectivity index (χ1) is 9.97. The summed E-state index contributed by atoms with van der Waals surface area (Å²) < 4.78 is 0. The molecule has 0 saturated heterocycles. The van der Waals surface area contributed by atoms with Gasteiger partial charge >= 0.3 is 0 Å². The van der Waals surface area contributed by atoms with Crippen molar-refractivity contribution in [1.29, 1.82) is 0 Å². The average Bonchev–Trinajstić information content (AvgIpc) is 2.45. The summed E-state index contributed by atoms with van der Waals surface area (Å²) in [4.78, 5) is 12.0. The monoisotopic (exact) mass is 319 g/mol. The van der Waals surface area contributed by atoms with Crippen molar-refractivity contribution in [2.75, 3.05) is 5.32 Å². The molecule has 0 amide bonds. The molecule has 0 aliphatic rings. The maximum atomic E-state index is 12.0. The number of carbonyl (C=O) groups excluding carboxylic acids is 1. The molecule has 0 fully saturated rings. The molecule has 0 aromatic heterocycles. The third kappa shape index (κ3) is 4.10. The number of aryl methyl sites for hydroxylation is 2. The van der Waals surface area contributed by atoms with Gasteiger partial charge in [-0.1, -0.05) is 35.3 Å². The molecular formula is C17H15Cl2NO. The van der Waals surface area contributed by atoms with Gasteiger partial charge in [0.1, 0.15) is 0 Å². The zero-order valence-corrected chi connectivity index (χ0v) is 13.3. The topological polar surface area (TPSA) is 29.1 Å². The van der Waals surface area contributed by atoms with Crippen LogP contribution in [0.1, 0.15) is 21.5 Å². The zero-order chi connectivity index (χ0) is 15.4. The van der Waals surface area contributed by atoms with E-state index >= 15 is 0 Å². The van der Waals surface area contributed by atoms with Gasteiger partial charge in [0.25, 0.3) is 0 Å². The van der Waals surface area contributed by atoms with Crippen LogP contribution >= 0.6 is 23.2 Å². The molecule has 1 N–H and O–H groups in total. The highest BCUT2D eigenvalue weighted by atomic mass is 35.5. The van der Waals surface area contributed by atoms with E-state index in [1.807, 2.05) is 32.0 Å². The minimum Gasteiger partial charge on any atom is -0.362 e. The third-order valence-electron chi connectivity index (χ3n) is 3.20. The average molecular weight is 320 g/mol. The van der Waals surface area contributed by atoms with Crippen LogP contribution in [0.15, 0.2) is 48.7 Å². The fourth-order valence-electron chi connectivity index (χ4n) is 1.79. The Hall–Kier alpha value is -1.77. The number of allylic oxidation sites excluding steroid dienone is 1. The van der Waals surface area contributed by atoms with Crippen LogP contribution in [-0.4, -0.2) is 5.78 Å². The van der Waals surface area contributed by atoms with Gasteiger partial charge in [-0.05, 0) is 49.2 Å². The SMILES string of the molecule is Cc1ccc(C(=O)C=CNc2ccc(Cl)c(Cl)c2)cc1C. The Kier molecular flexibility index (Phi) is 5.05. The fraction of sp³-hybridized carbons (Fsp3) is 0.118. The minimum absolute atomic E-state index is 0.0503. The molecule has 0 unspecified atom stereocenters. The van der Waals surface area contributed by atoms with Crippen LogP contribution in [0.5, 0.6) is 0 Å². The number of rotatable bonds is 4. The summed E-state index contributed by atoms with van der Waals surface area (Å²) in [5.74, 6) is -0.0503. The van der Waals surface area contributed by atoms with E-state index in [1.54, 1.807) is 24.4 Å². The maximum absolute atomic E-state index is 12.0. The number of anilines is 1. The van der Waals surface area contributed by atoms with Crippen molar-refractivity contribution in [2.24, 2.45) is 0 Å². The second-order valence-corrected chi connectivity index (χ2v) is 5.58. The number of hydrogen-bond acceptors (Lipinski definition) is 2. The smallest absolute Gasteiger partial charge is 0.187 e. The van der Waals surface area contributed by atoms with Crippen LogP contribution < -0.4 is 5.32 Å². The largest absolute Gasteiger partial charge is 0.362 e. The van der Waals surface area contributed by atoms with Crippen LogP contribution in [-0.2, 0) is 0 Å². The van der Waals surface area contributed by atoms with E-state index in [4.69, 9.17) is 23.2 Å². The van der Waals surface area contributed by atoms with Crippen LogP contribution in [0.25, 0.3) is 0 Å². The van der Waals surface area contributed by atoms with Gasteiger partial charge in [0.05, 0.1) is 10.0 Å². The number of benzene rings is 2. The molecule has 2 aromatic rings. The van der Waals surface area contributed by atoms with Gasteiger partial charge in [0.2, 0.25) is 0 Å². The highest BCUT2D eigenvalue weighted by Crippen LogP contribution is 2.24. The van der Waals surface area contributed by atoms with E-state index in [2.05, 4.69) is 5.32 Å². The second-order valence-electron chi connectivity index (χ2n) is 4.77. The maximum Gasteiger partial charge on any atom is 0.187 e. The van der Waals surface area contributed by atoms with Crippen molar-refractivity contribution in [3.8, 4) is 0 Å². The van der Waals surface area contributed by atoms with Crippen LogP contribution in [0, 0.1) is 13.8 Å². The number of halogens is 2. The van der Waals surface area contributed by atoms with Crippen molar-refractivity contribution in [1.82, 2.24) is 0 Å². The molecular weight excluding hydrogens is 305 g/mol. The lowest BCUT2D eigenvalue weighted by atomic mass is 10.0. The van der Waals surface area contributed by atoms with Gasteiger partial charge in [0, 0.05) is 23.5 Å². The van der Waals surface area contributed by atoms with Gasteiger partial charge in [-0.15, -0.1) is 0 Å². The lowest BCUT2D eigenvalue weighted by Crippen LogP contribution is -1.97. The molecule has 0 aliphatic heterocycles. The molecule has 2 rings (SSSR count). The molecule has 108 valence electrons. The molecule has 0 bridgehead atoms. The molecule has 21 heavy (non-hydrogen) atoms. The molecule has 0 atom stereocenters. The second kappa shape index (κ2) is 6.79. The predicted octanol–water partition coefficient (Wildman–Crippen LogP) is 5.42. The highest BCUT2D eigenvalue weighted by Gasteiger charge is 2.03. The molecule has 0 radical (unpaired) electrons. The molecule has 0 heterocycles. The third-order valence-corrected chi connectivity index (χ3v) is 3.93. The Balaban J connectivity index is 2.04. The number of ketones is 1. The summed E-state index contributed by atoms with van der Waals surface area (Å²) in [6.07, 6.45) is 3.09. The van der Waals surface area contributed by atoms with Gasteiger partial charge in [-0.25, -0.2) is 0 Å². The van der Waals surface area contributed by atoms with E-state index in [0.717, 1.165) is 11.3 Å². The molecule has 2 aromatic carbocycles. The van der Waals surface area contributed by atoms with Crippen LogP contribution in [0.3, 0.4) is 0 Å². The normalized spacial score (nSPS) is 10.9. The van der Waals surface area contributed by atoms with Crippen molar-refractivity contribution in [3.63, 3.8) is 0 Å². The number of hydrogen-bond donors (Lipinski definition) is 1. The Morgan fingerprint density at radius 2 is 1.76 bits per heavy atom. The first kappa shape index (κ1) is 15.6. The quantitative estimate of drug-likeness (QED) is 0.602. The minimum atomic E-state index is -0.0503. The summed E-state index contributed by atoms with van der Waals surface area (Å²) in [5, 5.41) is 3.96. The fourth-order valence-corrected chi connectivity index (χ4v) is 2.09. The lowest BCUT2D eigenvalue weighted by molar-refractivity contribution is 0.104. The van der Waals surface area contributed by atoms with Gasteiger partial charge in [0.15, 0.2) is 5.78 Å². The Bertz CT molecular complexity index is 708. The van der Waals surface area contributed by atoms with Gasteiger partial charge in [-0.2, -0.15) is 0 Å².